The zero-order valence-electron chi connectivity index (χ0n) is 9.92. The average Bonchev–Trinajstić information content (AvgIpc) is 2.17. The molecule has 1 aromatic carbocycles. The highest BCUT2D eigenvalue weighted by atomic mass is 16.1. The van der Waals surface area contributed by atoms with Gasteiger partial charge < -0.3 is 0 Å². The molecule has 1 rings (SSSR count). The van der Waals surface area contributed by atoms with Crippen molar-refractivity contribution in [2.75, 3.05) is 0 Å². The van der Waals surface area contributed by atoms with Crippen molar-refractivity contribution in [3.63, 3.8) is 0 Å². The van der Waals surface area contributed by atoms with Gasteiger partial charge in [-0.05, 0) is 19.4 Å². The van der Waals surface area contributed by atoms with Gasteiger partial charge in [-0.1, -0.05) is 43.7 Å². The summed E-state index contributed by atoms with van der Waals surface area (Å²) in [6.07, 6.45) is 1.88. The molecule has 0 atom stereocenters. The van der Waals surface area contributed by atoms with Gasteiger partial charge >= 0.3 is 0 Å². The number of hydrogen-bond donors (Lipinski definition) is 0. The Labute approximate surface area is 91.8 Å². The van der Waals surface area contributed by atoms with Gasteiger partial charge in [0, 0.05) is 11.0 Å². The van der Waals surface area contributed by atoms with Crippen molar-refractivity contribution in [3.05, 3.63) is 47.5 Å². The van der Waals surface area contributed by atoms with Crippen molar-refractivity contribution in [2.45, 2.75) is 33.1 Å². The second-order valence-corrected chi connectivity index (χ2v) is 4.53. The van der Waals surface area contributed by atoms with Crippen LogP contribution in [0.25, 0.3) is 0 Å². The number of carbonyl (C=O) groups excluding carboxylic acids is 1. The number of hydrogen-bond acceptors (Lipinski definition) is 1. The van der Waals surface area contributed by atoms with E-state index in [0.717, 1.165) is 11.1 Å². The van der Waals surface area contributed by atoms with Crippen LogP contribution >= 0.6 is 0 Å². The number of ketones is 1. The Hall–Kier alpha value is -1.37. The number of rotatable bonds is 3. The zero-order chi connectivity index (χ0) is 11.6. The molecule has 0 heterocycles. The summed E-state index contributed by atoms with van der Waals surface area (Å²) >= 11 is 0. The lowest BCUT2D eigenvalue weighted by Gasteiger charge is -2.23. The van der Waals surface area contributed by atoms with Gasteiger partial charge in [0.15, 0.2) is 5.78 Å². The van der Waals surface area contributed by atoms with Crippen molar-refractivity contribution in [3.8, 4) is 0 Å². The largest absolute Gasteiger partial charge is 0.295 e. The minimum Gasteiger partial charge on any atom is -0.295 e. The van der Waals surface area contributed by atoms with Crippen LogP contribution in [0.3, 0.4) is 0 Å². The van der Waals surface area contributed by atoms with E-state index < -0.39 is 0 Å². The average molecular weight is 202 g/mol. The van der Waals surface area contributed by atoms with E-state index in [1.165, 1.54) is 5.56 Å². The van der Waals surface area contributed by atoms with Crippen molar-refractivity contribution in [1.82, 2.24) is 0 Å². The van der Waals surface area contributed by atoms with Crippen molar-refractivity contribution >= 4 is 5.78 Å². The van der Waals surface area contributed by atoms with Crippen LogP contribution < -0.4 is 0 Å². The fourth-order valence-electron chi connectivity index (χ4n) is 1.61. The summed E-state index contributed by atoms with van der Waals surface area (Å²) in [7, 11) is 0. The summed E-state index contributed by atoms with van der Waals surface area (Å²) in [6, 6.07) is 5.94. The van der Waals surface area contributed by atoms with E-state index >= 15 is 0 Å². The normalized spacial score (nSPS) is 11.2. The zero-order valence-corrected chi connectivity index (χ0v) is 9.92. The fourth-order valence-corrected chi connectivity index (χ4v) is 1.61. The van der Waals surface area contributed by atoms with E-state index in [4.69, 9.17) is 0 Å². The topological polar surface area (TPSA) is 17.1 Å². The number of allylic oxidation sites excluding steroid dienone is 1. The van der Waals surface area contributed by atoms with E-state index in [1.807, 2.05) is 25.1 Å². The maximum atomic E-state index is 11.5. The van der Waals surface area contributed by atoms with Crippen molar-refractivity contribution in [2.24, 2.45) is 0 Å². The first-order valence-electron chi connectivity index (χ1n) is 5.14. The quantitative estimate of drug-likeness (QED) is 0.540. The van der Waals surface area contributed by atoms with Crippen LogP contribution in [0.15, 0.2) is 30.9 Å². The SMILES string of the molecule is C=CC(C)(C)c1cc(C)ccc1C(C)=O. The van der Waals surface area contributed by atoms with Gasteiger partial charge in [-0.15, -0.1) is 6.58 Å². The molecule has 0 N–H and O–H groups in total. The molecule has 0 saturated heterocycles. The van der Waals surface area contributed by atoms with Gasteiger partial charge in [-0.25, -0.2) is 0 Å². The molecule has 1 nitrogen and oxygen atoms in total. The molecular formula is C14H18O. The Morgan fingerprint density at radius 1 is 1.40 bits per heavy atom. The number of Topliss-reactive ketones (excluding diaryl/α,β-unsaturated/α-hetero) is 1. The smallest absolute Gasteiger partial charge is 0.160 e. The second kappa shape index (κ2) is 4.01. The van der Waals surface area contributed by atoms with E-state index in [1.54, 1.807) is 6.92 Å². The van der Waals surface area contributed by atoms with Crippen molar-refractivity contribution in [1.29, 1.82) is 0 Å². The molecule has 0 amide bonds. The molecule has 0 spiro atoms. The third kappa shape index (κ3) is 2.35. The summed E-state index contributed by atoms with van der Waals surface area (Å²) in [4.78, 5) is 11.5. The Balaban J connectivity index is 3.43. The van der Waals surface area contributed by atoms with Gasteiger partial charge in [-0.3, -0.25) is 4.79 Å². The Morgan fingerprint density at radius 3 is 2.47 bits per heavy atom. The number of benzene rings is 1. The van der Waals surface area contributed by atoms with Crippen LogP contribution in [-0.2, 0) is 5.41 Å². The summed E-state index contributed by atoms with van der Waals surface area (Å²) in [5, 5.41) is 0. The van der Waals surface area contributed by atoms with Crippen LogP contribution in [-0.4, -0.2) is 5.78 Å². The Morgan fingerprint density at radius 2 is 2.00 bits per heavy atom. The Kier molecular flexibility index (Phi) is 3.13. The van der Waals surface area contributed by atoms with Crippen LogP contribution in [0.5, 0.6) is 0 Å². The minimum absolute atomic E-state index is 0.111. The second-order valence-electron chi connectivity index (χ2n) is 4.53. The molecule has 0 aliphatic heterocycles. The first-order chi connectivity index (χ1) is 6.88. The van der Waals surface area contributed by atoms with Gasteiger partial charge in [0.25, 0.3) is 0 Å². The summed E-state index contributed by atoms with van der Waals surface area (Å²) in [6.45, 7) is 11.6. The lowest BCUT2D eigenvalue weighted by Crippen LogP contribution is -2.17. The molecular weight excluding hydrogens is 184 g/mol. The van der Waals surface area contributed by atoms with Crippen LogP contribution in [0.2, 0.25) is 0 Å². The number of aryl methyl sites for hydroxylation is 1. The first kappa shape index (κ1) is 11.7. The van der Waals surface area contributed by atoms with Gasteiger partial charge in [0.05, 0.1) is 0 Å². The highest BCUT2D eigenvalue weighted by Gasteiger charge is 2.21. The fraction of sp³-hybridized carbons (Fsp3) is 0.357. The van der Waals surface area contributed by atoms with Crippen LogP contribution in [0.4, 0.5) is 0 Å². The van der Waals surface area contributed by atoms with Crippen molar-refractivity contribution < 1.29 is 4.79 Å². The molecule has 1 heteroatoms. The van der Waals surface area contributed by atoms with E-state index in [0.29, 0.717) is 0 Å². The predicted octanol–water partition coefficient (Wildman–Crippen LogP) is 3.66. The maximum absolute atomic E-state index is 11.5. The predicted molar refractivity (Wildman–Crippen MR) is 64.4 cm³/mol. The van der Waals surface area contributed by atoms with Crippen LogP contribution in [0.1, 0.15) is 42.3 Å². The third-order valence-corrected chi connectivity index (χ3v) is 2.76. The minimum atomic E-state index is -0.160. The highest BCUT2D eigenvalue weighted by molar-refractivity contribution is 5.96. The summed E-state index contributed by atoms with van der Waals surface area (Å²) in [5.74, 6) is 0.111. The van der Waals surface area contributed by atoms with E-state index in [2.05, 4.69) is 26.5 Å². The van der Waals surface area contributed by atoms with Gasteiger partial charge in [0.1, 0.15) is 0 Å². The van der Waals surface area contributed by atoms with E-state index in [-0.39, 0.29) is 11.2 Å². The molecule has 1 aromatic rings. The first-order valence-corrected chi connectivity index (χ1v) is 5.14. The molecule has 15 heavy (non-hydrogen) atoms. The molecule has 0 aliphatic carbocycles. The molecule has 0 radical (unpaired) electrons. The Bertz CT molecular complexity index is 400. The lowest BCUT2D eigenvalue weighted by molar-refractivity contribution is 0.101. The van der Waals surface area contributed by atoms with Crippen LogP contribution in [0, 0.1) is 6.92 Å². The molecule has 0 unspecified atom stereocenters. The molecule has 0 aromatic heterocycles. The van der Waals surface area contributed by atoms with Gasteiger partial charge in [-0.2, -0.15) is 0 Å². The molecule has 0 saturated carbocycles. The monoisotopic (exact) mass is 202 g/mol. The molecule has 80 valence electrons. The number of carbonyl (C=O) groups is 1. The summed E-state index contributed by atoms with van der Waals surface area (Å²) < 4.78 is 0. The highest BCUT2D eigenvalue weighted by Crippen LogP contribution is 2.28. The third-order valence-electron chi connectivity index (χ3n) is 2.76. The molecule has 0 bridgehead atoms. The maximum Gasteiger partial charge on any atom is 0.160 e. The molecule has 0 fully saturated rings. The molecule has 0 aliphatic rings. The summed E-state index contributed by atoms with van der Waals surface area (Å²) in [5.41, 5.74) is 2.87. The van der Waals surface area contributed by atoms with Gasteiger partial charge in [0.2, 0.25) is 0 Å². The standard InChI is InChI=1S/C14H18O/c1-6-14(4,5)13-9-10(2)7-8-12(13)11(3)15/h6-9H,1H2,2-5H3. The van der Waals surface area contributed by atoms with E-state index in [9.17, 15) is 4.79 Å². The lowest BCUT2D eigenvalue weighted by atomic mass is 9.80.